The molecule has 1 atom stereocenters. The molecule has 0 radical (unpaired) electrons. The SMILES string of the molecule is C[C@H](NC(=O)COC(=O)c1cccc(N(C)C)c1)c1ccc(F)cc1. The van der Waals surface area contributed by atoms with Crippen LogP contribution in [-0.2, 0) is 9.53 Å². The zero-order chi connectivity index (χ0) is 18.4. The number of ether oxygens (including phenoxy) is 1. The van der Waals surface area contributed by atoms with Crippen molar-refractivity contribution < 1.29 is 18.7 Å². The molecule has 0 heterocycles. The van der Waals surface area contributed by atoms with Gasteiger partial charge >= 0.3 is 5.97 Å². The smallest absolute Gasteiger partial charge is 0.338 e. The molecule has 0 aliphatic heterocycles. The topological polar surface area (TPSA) is 58.6 Å². The zero-order valence-corrected chi connectivity index (χ0v) is 14.5. The molecule has 0 saturated heterocycles. The lowest BCUT2D eigenvalue weighted by atomic mass is 10.1. The molecule has 2 rings (SSSR count). The minimum Gasteiger partial charge on any atom is -0.452 e. The van der Waals surface area contributed by atoms with E-state index in [0.717, 1.165) is 11.3 Å². The minimum absolute atomic E-state index is 0.316. The van der Waals surface area contributed by atoms with E-state index < -0.39 is 11.9 Å². The number of hydrogen-bond donors (Lipinski definition) is 1. The molecule has 0 bridgehead atoms. The largest absolute Gasteiger partial charge is 0.452 e. The Morgan fingerprint density at radius 3 is 2.48 bits per heavy atom. The molecule has 0 saturated carbocycles. The summed E-state index contributed by atoms with van der Waals surface area (Å²) >= 11 is 0. The van der Waals surface area contributed by atoms with Crippen LogP contribution in [0.15, 0.2) is 48.5 Å². The van der Waals surface area contributed by atoms with Gasteiger partial charge in [-0.25, -0.2) is 9.18 Å². The van der Waals surface area contributed by atoms with Crippen LogP contribution in [0.2, 0.25) is 0 Å². The van der Waals surface area contributed by atoms with Crippen molar-refractivity contribution in [3.63, 3.8) is 0 Å². The quantitative estimate of drug-likeness (QED) is 0.819. The summed E-state index contributed by atoms with van der Waals surface area (Å²) in [6.45, 7) is 1.39. The van der Waals surface area contributed by atoms with Crippen molar-refractivity contribution in [2.45, 2.75) is 13.0 Å². The van der Waals surface area contributed by atoms with Gasteiger partial charge in [0.1, 0.15) is 5.82 Å². The Bertz CT molecular complexity index is 745. The number of carbonyl (C=O) groups excluding carboxylic acids is 2. The van der Waals surface area contributed by atoms with Gasteiger partial charge in [0.05, 0.1) is 11.6 Å². The number of nitrogens with one attached hydrogen (secondary N) is 1. The molecule has 0 spiro atoms. The van der Waals surface area contributed by atoms with Crippen LogP contribution >= 0.6 is 0 Å². The standard InChI is InChI=1S/C19H21FN2O3/c1-13(14-7-9-16(20)10-8-14)21-18(23)12-25-19(24)15-5-4-6-17(11-15)22(2)3/h4-11,13H,12H2,1-3H3,(H,21,23)/t13-/m0/s1. The molecule has 1 N–H and O–H groups in total. The summed E-state index contributed by atoms with van der Waals surface area (Å²) in [6, 6.07) is 12.5. The summed E-state index contributed by atoms with van der Waals surface area (Å²) in [6.07, 6.45) is 0. The maximum Gasteiger partial charge on any atom is 0.338 e. The van der Waals surface area contributed by atoms with Crippen LogP contribution in [0.25, 0.3) is 0 Å². The summed E-state index contributed by atoms with van der Waals surface area (Å²) in [4.78, 5) is 25.9. The number of carbonyl (C=O) groups is 2. The number of hydrogen-bond acceptors (Lipinski definition) is 4. The van der Waals surface area contributed by atoms with Gasteiger partial charge in [0.2, 0.25) is 0 Å². The van der Waals surface area contributed by atoms with Crippen molar-refractivity contribution in [3.8, 4) is 0 Å². The maximum absolute atomic E-state index is 12.9. The Kier molecular flexibility index (Phi) is 6.11. The van der Waals surface area contributed by atoms with Crippen molar-refractivity contribution in [3.05, 3.63) is 65.5 Å². The van der Waals surface area contributed by atoms with Gasteiger partial charge in [-0.3, -0.25) is 4.79 Å². The van der Waals surface area contributed by atoms with Crippen LogP contribution in [0.3, 0.4) is 0 Å². The molecule has 0 fully saturated rings. The number of halogens is 1. The molecule has 25 heavy (non-hydrogen) atoms. The Balaban J connectivity index is 1.88. The molecular formula is C19H21FN2O3. The van der Waals surface area contributed by atoms with E-state index in [9.17, 15) is 14.0 Å². The average Bonchev–Trinajstić information content (AvgIpc) is 2.60. The van der Waals surface area contributed by atoms with Gasteiger partial charge in [0, 0.05) is 19.8 Å². The summed E-state index contributed by atoms with van der Waals surface area (Å²) in [7, 11) is 3.74. The summed E-state index contributed by atoms with van der Waals surface area (Å²) < 4.78 is 18.0. The van der Waals surface area contributed by atoms with E-state index >= 15 is 0 Å². The number of amides is 1. The van der Waals surface area contributed by atoms with E-state index in [4.69, 9.17) is 4.74 Å². The Labute approximate surface area is 146 Å². The second-order valence-corrected chi connectivity index (χ2v) is 5.86. The fraction of sp³-hybridized carbons (Fsp3) is 0.263. The summed E-state index contributed by atoms with van der Waals surface area (Å²) in [5, 5.41) is 2.71. The van der Waals surface area contributed by atoms with E-state index in [1.54, 1.807) is 37.3 Å². The first kappa shape index (κ1) is 18.4. The molecule has 6 heteroatoms. The highest BCUT2D eigenvalue weighted by Gasteiger charge is 2.14. The van der Waals surface area contributed by atoms with Gasteiger partial charge < -0.3 is 15.0 Å². The molecule has 0 aliphatic rings. The Morgan fingerprint density at radius 1 is 1.16 bits per heavy atom. The van der Waals surface area contributed by atoms with Gasteiger partial charge in [-0.2, -0.15) is 0 Å². The van der Waals surface area contributed by atoms with E-state index in [1.165, 1.54) is 12.1 Å². The molecular weight excluding hydrogens is 323 g/mol. The van der Waals surface area contributed by atoms with Crippen LogP contribution < -0.4 is 10.2 Å². The van der Waals surface area contributed by atoms with Crippen LogP contribution in [0.4, 0.5) is 10.1 Å². The highest BCUT2D eigenvalue weighted by Crippen LogP contribution is 2.15. The molecule has 1 amide bonds. The first-order chi connectivity index (χ1) is 11.9. The van der Waals surface area contributed by atoms with E-state index in [1.807, 2.05) is 25.1 Å². The second-order valence-electron chi connectivity index (χ2n) is 5.86. The van der Waals surface area contributed by atoms with E-state index in [2.05, 4.69) is 5.32 Å². The summed E-state index contributed by atoms with van der Waals surface area (Å²) in [5.74, 6) is -1.32. The summed E-state index contributed by atoms with van der Waals surface area (Å²) in [5.41, 5.74) is 2.01. The van der Waals surface area contributed by atoms with Crippen molar-refractivity contribution in [2.75, 3.05) is 25.6 Å². The lowest BCUT2D eigenvalue weighted by Crippen LogP contribution is -2.31. The molecule has 0 aromatic heterocycles. The van der Waals surface area contributed by atoms with Crippen molar-refractivity contribution in [1.29, 1.82) is 0 Å². The van der Waals surface area contributed by atoms with Crippen LogP contribution in [0.5, 0.6) is 0 Å². The van der Waals surface area contributed by atoms with Crippen LogP contribution in [-0.4, -0.2) is 32.6 Å². The molecule has 5 nitrogen and oxygen atoms in total. The van der Waals surface area contributed by atoms with Crippen molar-refractivity contribution in [1.82, 2.24) is 5.32 Å². The van der Waals surface area contributed by atoms with E-state index in [-0.39, 0.29) is 18.5 Å². The van der Waals surface area contributed by atoms with Gasteiger partial charge in [-0.05, 0) is 42.8 Å². The van der Waals surface area contributed by atoms with Crippen LogP contribution in [0.1, 0.15) is 28.9 Å². The third-order valence-corrected chi connectivity index (χ3v) is 3.68. The average molecular weight is 344 g/mol. The van der Waals surface area contributed by atoms with Gasteiger partial charge in [-0.1, -0.05) is 18.2 Å². The third kappa shape index (κ3) is 5.31. The first-order valence-corrected chi connectivity index (χ1v) is 7.86. The maximum atomic E-state index is 12.9. The fourth-order valence-corrected chi connectivity index (χ4v) is 2.24. The van der Waals surface area contributed by atoms with Gasteiger partial charge in [0.25, 0.3) is 5.91 Å². The van der Waals surface area contributed by atoms with Crippen LogP contribution in [0, 0.1) is 5.82 Å². The van der Waals surface area contributed by atoms with Gasteiger partial charge in [0.15, 0.2) is 6.61 Å². The van der Waals surface area contributed by atoms with Crippen molar-refractivity contribution in [2.24, 2.45) is 0 Å². The highest BCUT2D eigenvalue weighted by molar-refractivity contribution is 5.92. The van der Waals surface area contributed by atoms with Gasteiger partial charge in [-0.15, -0.1) is 0 Å². The molecule has 0 aliphatic carbocycles. The first-order valence-electron chi connectivity index (χ1n) is 7.86. The Hall–Kier alpha value is -2.89. The second kappa shape index (κ2) is 8.28. The predicted molar refractivity (Wildman–Crippen MR) is 94.0 cm³/mol. The number of rotatable bonds is 6. The predicted octanol–water partition coefficient (Wildman–Crippen LogP) is 2.93. The normalized spacial score (nSPS) is 11.5. The Morgan fingerprint density at radius 2 is 1.84 bits per heavy atom. The van der Waals surface area contributed by atoms with E-state index in [0.29, 0.717) is 5.56 Å². The minimum atomic E-state index is -0.562. The number of nitrogens with zero attached hydrogens (tertiary/aromatic N) is 1. The highest BCUT2D eigenvalue weighted by atomic mass is 19.1. The molecule has 0 unspecified atom stereocenters. The molecule has 2 aromatic rings. The fourth-order valence-electron chi connectivity index (χ4n) is 2.24. The molecule has 2 aromatic carbocycles. The third-order valence-electron chi connectivity index (χ3n) is 3.68. The zero-order valence-electron chi connectivity index (χ0n) is 14.5. The number of esters is 1. The lowest BCUT2D eigenvalue weighted by Gasteiger charge is -2.15. The molecule has 132 valence electrons. The monoisotopic (exact) mass is 344 g/mol. The lowest BCUT2D eigenvalue weighted by molar-refractivity contribution is -0.124. The van der Waals surface area contributed by atoms with Crippen molar-refractivity contribution >= 4 is 17.6 Å². The number of anilines is 1. The number of benzene rings is 2.